The van der Waals surface area contributed by atoms with Crippen LogP contribution in [-0.2, 0) is 31.1 Å². The molecule has 1 atom stereocenters. The summed E-state index contributed by atoms with van der Waals surface area (Å²) in [6, 6.07) is 7.54. The SMILES string of the molecule is COc1ccc2[nH]cc(CCNC(=O)C3CCc4nn(C)c(=O)cc4C3)c2c1. The number of aromatic amines is 1. The molecular formula is C21H24N4O3. The van der Waals surface area contributed by atoms with Crippen molar-refractivity contribution in [3.8, 4) is 5.75 Å². The van der Waals surface area contributed by atoms with Crippen LogP contribution in [0.3, 0.4) is 0 Å². The number of amides is 1. The fraction of sp³-hybridized carbons (Fsp3) is 0.381. The largest absolute Gasteiger partial charge is 0.497 e. The van der Waals surface area contributed by atoms with E-state index in [0.717, 1.165) is 52.7 Å². The van der Waals surface area contributed by atoms with Gasteiger partial charge in [0.1, 0.15) is 5.75 Å². The Morgan fingerprint density at radius 3 is 3.07 bits per heavy atom. The van der Waals surface area contributed by atoms with Gasteiger partial charge in [0.25, 0.3) is 5.56 Å². The van der Waals surface area contributed by atoms with Crippen molar-refractivity contribution >= 4 is 16.8 Å². The lowest BCUT2D eigenvalue weighted by atomic mass is 9.86. The van der Waals surface area contributed by atoms with E-state index in [1.807, 2.05) is 24.4 Å². The van der Waals surface area contributed by atoms with Gasteiger partial charge in [-0.2, -0.15) is 5.10 Å². The first kappa shape index (κ1) is 18.3. The highest BCUT2D eigenvalue weighted by atomic mass is 16.5. The summed E-state index contributed by atoms with van der Waals surface area (Å²) >= 11 is 0. The minimum absolute atomic E-state index is 0.0451. The number of nitrogens with zero attached hydrogens (tertiary/aromatic N) is 2. The fourth-order valence-electron chi connectivity index (χ4n) is 3.87. The zero-order valence-electron chi connectivity index (χ0n) is 16.1. The lowest BCUT2D eigenvalue weighted by Crippen LogP contribution is -2.36. The van der Waals surface area contributed by atoms with E-state index in [2.05, 4.69) is 15.4 Å². The van der Waals surface area contributed by atoms with Crippen LogP contribution in [0.15, 0.2) is 35.3 Å². The summed E-state index contributed by atoms with van der Waals surface area (Å²) < 4.78 is 6.66. The molecule has 2 heterocycles. The lowest BCUT2D eigenvalue weighted by molar-refractivity contribution is -0.125. The summed E-state index contributed by atoms with van der Waals surface area (Å²) in [6.45, 7) is 0.571. The Morgan fingerprint density at radius 2 is 2.25 bits per heavy atom. The molecule has 0 spiro atoms. The van der Waals surface area contributed by atoms with Gasteiger partial charge in [0.15, 0.2) is 0 Å². The molecule has 7 heteroatoms. The van der Waals surface area contributed by atoms with Crippen molar-refractivity contribution in [3.63, 3.8) is 0 Å². The molecule has 0 saturated carbocycles. The molecular weight excluding hydrogens is 356 g/mol. The molecule has 0 fully saturated rings. The Bertz CT molecular complexity index is 1080. The van der Waals surface area contributed by atoms with Crippen molar-refractivity contribution in [2.45, 2.75) is 25.7 Å². The second kappa shape index (κ2) is 7.50. The summed E-state index contributed by atoms with van der Waals surface area (Å²) in [6.07, 6.45) is 4.78. The fourth-order valence-corrected chi connectivity index (χ4v) is 3.87. The number of fused-ring (bicyclic) bond motifs is 2. The van der Waals surface area contributed by atoms with E-state index in [4.69, 9.17) is 4.74 Å². The minimum atomic E-state index is -0.130. The van der Waals surface area contributed by atoms with Gasteiger partial charge in [0.2, 0.25) is 5.91 Å². The van der Waals surface area contributed by atoms with Gasteiger partial charge in [-0.05, 0) is 55.0 Å². The molecule has 0 saturated heterocycles. The average Bonchev–Trinajstić information content (AvgIpc) is 3.10. The topological polar surface area (TPSA) is 89.0 Å². The average molecular weight is 380 g/mol. The van der Waals surface area contributed by atoms with Crippen LogP contribution in [-0.4, -0.2) is 34.3 Å². The van der Waals surface area contributed by atoms with Crippen LogP contribution in [0, 0.1) is 5.92 Å². The summed E-state index contributed by atoms with van der Waals surface area (Å²) in [5.74, 6) is 0.756. The number of rotatable bonds is 5. The number of aryl methyl sites for hydroxylation is 2. The molecule has 1 aromatic carbocycles. The first-order valence-electron chi connectivity index (χ1n) is 9.53. The normalized spacial score (nSPS) is 16.0. The Morgan fingerprint density at radius 1 is 1.39 bits per heavy atom. The van der Waals surface area contributed by atoms with E-state index >= 15 is 0 Å². The van der Waals surface area contributed by atoms with Gasteiger partial charge in [-0.15, -0.1) is 0 Å². The zero-order chi connectivity index (χ0) is 19.7. The van der Waals surface area contributed by atoms with Crippen molar-refractivity contribution in [2.24, 2.45) is 13.0 Å². The van der Waals surface area contributed by atoms with Crippen LogP contribution in [0.25, 0.3) is 10.9 Å². The predicted molar refractivity (Wildman–Crippen MR) is 107 cm³/mol. The third kappa shape index (κ3) is 3.52. The highest BCUT2D eigenvalue weighted by Crippen LogP contribution is 2.25. The molecule has 2 aromatic heterocycles. The number of carbonyl (C=O) groups is 1. The number of methoxy groups -OCH3 is 1. The lowest BCUT2D eigenvalue weighted by Gasteiger charge is -2.23. The van der Waals surface area contributed by atoms with Gasteiger partial charge in [-0.3, -0.25) is 9.59 Å². The third-order valence-corrected chi connectivity index (χ3v) is 5.49. The molecule has 1 unspecified atom stereocenters. The summed E-state index contributed by atoms with van der Waals surface area (Å²) in [5.41, 5.74) is 3.91. The van der Waals surface area contributed by atoms with Crippen molar-refractivity contribution < 1.29 is 9.53 Å². The second-order valence-corrected chi connectivity index (χ2v) is 7.28. The molecule has 0 radical (unpaired) electrons. The van der Waals surface area contributed by atoms with E-state index in [9.17, 15) is 9.59 Å². The summed E-state index contributed by atoms with van der Waals surface area (Å²) in [5, 5.41) is 8.47. The number of ether oxygens (including phenoxy) is 1. The number of H-pyrrole nitrogens is 1. The number of benzene rings is 1. The quantitative estimate of drug-likeness (QED) is 0.706. The molecule has 146 valence electrons. The van der Waals surface area contributed by atoms with Gasteiger partial charge in [0.05, 0.1) is 12.8 Å². The van der Waals surface area contributed by atoms with Gasteiger partial charge in [-0.25, -0.2) is 4.68 Å². The molecule has 2 N–H and O–H groups in total. The second-order valence-electron chi connectivity index (χ2n) is 7.28. The maximum atomic E-state index is 12.6. The van der Waals surface area contributed by atoms with Crippen LogP contribution in [0.5, 0.6) is 5.75 Å². The van der Waals surface area contributed by atoms with Gasteiger partial charge in [0, 0.05) is 42.7 Å². The molecule has 28 heavy (non-hydrogen) atoms. The van der Waals surface area contributed by atoms with Crippen molar-refractivity contribution in [2.75, 3.05) is 13.7 Å². The summed E-state index contributed by atoms with van der Waals surface area (Å²) in [4.78, 5) is 27.7. The molecule has 7 nitrogen and oxygen atoms in total. The number of aromatic nitrogens is 3. The van der Waals surface area contributed by atoms with Crippen LogP contribution in [0.1, 0.15) is 23.2 Å². The third-order valence-electron chi connectivity index (χ3n) is 5.49. The Kier molecular flexibility index (Phi) is 4.90. The molecule has 3 aromatic rings. The molecule has 0 bridgehead atoms. The molecule has 4 rings (SSSR count). The zero-order valence-corrected chi connectivity index (χ0v) is 16.1. The van der Waals surface area contributed by atoms with E-state index in [-0.39, 0.29) is 17.4 Å². The van der Waals surface area contributed by atoms with Gasteiger partial charge < -0.3 is 15.0 Å². The number of hydrogen-bond donors (Lipinski definition) is 2. The first-order chi connectivity index (χ1) is 13.5. The number of nitrogens with one attached hydrogen (secondary N) is 2. The van der Waals surface area contributed by atoms with E-state index < -0.39 is 0 Å². The van der Waals surface area contributed by atoms with Crippen LogP contribution in [0.4, 0.5) is 0 Å². The Hall–Kier alpha value is -3.09. The van der Waals surface area contributed by atoms with Gasteiger partial charge >= 0.3 is 0 Å². The van der Waals surface area contributed by atoms with Crippen LogP contribution >= 0.6 is 0 Å². The van der Waals surface area contributed by atoms with Gasteiger partial charge in [-0.1, -0.05) is 0 Å². The smallest absolute Gasteiger partial charge is 0.266 e. The summed E-state index contributed by atoms with van der Waals surface area (Å²) in [7, 11) is 3.31. The first-order valence-corrected chi connectivity index (χ1v) is 9.53. The Balaban J connectivity index is 1.37. The molecule has 1 aliphatic rings. The van der Waals surface area contributed by atoms with E-state index in [0.29, 0.717) is 13.0 Å². The number of carbonyl (C=O) groups excluding carboxylic acids is 1. The predicted octanol–water partition coefficient (Wildman–Crippen LogP) is 1.73. The van der Waals surface area contributed by atoms with Crippen LogP contribution < -0.4 is 15.6 Å². The van der Waals surface area contributed by atoms with Crippen molar-refractivity contribution in [3.05, 3.63) is 57.6 Å². The molecule has 0 aliphatic heterocycles. The maximum absolute atomic E-state index is 12.6. The number of hydrogen-bond acceptors (Lipinski definition) is 4. The molecule has 1 aliphatic carbocycles. The minimum Gasteiger partial charge on any atom is -0.497 e. The van der Waals surface area contributed by atoms with E-state index in [1.54, 1.807) is 20.2 Å². The van der Waals surface area contributed by atoms with Crippen LogP contribution in [0.2, 0.25) is 0 Å². The Labute approximate surface area is 162 Å². The van der Waals surface area contributed by atoms with E-state index in [1.165, 1.54) is 4.68 Å². The standard InChI is InChI=1S/C21H24N4O3/c1-25-20(26)10-15-9-13(3-5-18(15)24-25)21(27)22-8-7-14-12-23-19-6-4-16(28-2)11-17(14)19/h4,6,10-13,23H,3,5,7-9H2,1-2H3,(H,22,27). The monoisotopic (exact) mass is 380 g/mol. The maximum Gasteiger partial charge on any atom is 0.266 e. The highest BCUT2D eigenvalue weighted by Gasteiger charge is 2.26. The van der Waals surface area contributed by atoms with Crippen molar-refractivity contribution in [1.82, 2.24) is 20.1 Å². The van der Waals surface area contributed by atoms with Crippen molar-refractivity contribution in [1.29, 1.82) is 0 Å². The highest BCUT2D eigenvalue weighted by molar-refractivity contribution is 5.85. The molecule has 1 amide bonds.